The Morgan fingerprint density at radius 2 is 2.04 bits per heavy atom. The molecule has 8 heteroatoms. The number of aromatic nitrogens is 1. The number of carbonyl (C=O) groups is 1. The van der Waals surface area contributed by atoms with Gasteiger partial charge in [0.15, 0.2) is 0 Å². The molecule has 0 saturated carbocycles. The maximum Gasteiger partial charge on any atom is 0.447 e. The number of nitrogens with one attached hydrogen (secondary N) is 1. The molecule has 0 aliphatic carbocycles. The quantitative estimate of drug-likeness (QED) is 0.733. The molecule has 1 unspecified atom stereocenters. The number of hydrogen-bond donors (Lipinski definition) is 1. The molecular formula is C15H12BrF3N2OS. The molecule has 122 valence electrons. The predicted molar refractivity (Wildman–Crippen MR) is 86.2 cm³/mol. The van der Waals surface area contributed by atoms with Gasteiger partial charge in [-0.05, 0) is 36.8 Å². The SMILES string of the molecule is CC(NC(=O)c1cccnc1SC(F)(F)F)c1cccc(Br)c1. The zero-order valence-corrected chi connectivity index (χ0v) is 14.3. The molecule has 0 aliphatic heterocycles. The highest BCUT2D eigenvalue weighted by Gasteiger charge is 2.32. The Morgan fingerprint density at radius 3 is 2.70 bits per heavy atom. The number of thioether (sulfide) groups is 1. The molecule has 0 saturated heterocycles. The van der Waals surface area contributed by atoms with Crippen LogP contribution in [0.1, 0.15) is 28.9 Å². The van der Waals surface area contributed by atoms with Crippen LogP contribution < -0.4 is 5.32 Å². The molecule has 2 aromatic rings. The summed E-state index contributed by atoms with van der Waals surface area (Å²) in [6, 6.07) is 9.71. The monoisotopic (exact) mass is 404 g/mol. The molecule has 0 bridgehead atoms. The number of alkyl halides is 3. The van der Waals surface area contributed by atoms with Gasteiger partial charge in [-0.25, -0.2) is 4.98 Å². The first kappa shape index (κ1) is 17.8. The maximum absolute atomic E-state index is 12.5. The summed E-state index contributed by atoms with van der Waals surface area (Å²) < 4.78 is 38.5. The highest BCUT2D eigenvalue weighted by Crippen LogP contribution is 2.37. The smallest absolute Gasteiger partial charge is 0.345 e. The predicted octanol–water partition coefficient (Wildman–Crippen LogP) is 4.95. The highest BCUT2D eigenvalue weighted by atomic mass is 79.9. The van der Waals surface area contributed by atoms with Crippen LogP contribution in [0, 0.1) is 0 Å². The molecule has 2 rings (SSSR count). The van der Waals surface area contributed by atoms with Crippen molar-refractivity contribution in [1.29, 1.82) is 0 Å². The number of rotatable bonds is 4. The first-order valence-corrected chi connectivity index (χ1v) is 8.14. The van der Waals surface area contributed by atoms with E-state index in [0.717, 1.165) is 10.0 Å². The first-order chi connectivity index (χ1) is 10.8. The van der Waals surface area contributed by atoms with Gasteiger partial charge in [0.1, 0.15) is 5.03 Å². The van der Waals surface area contributed by atoms with Crippen LogP contribution in [0.4, 0.5) is 13.2 Å². The second kappa shape index (κ2) is 7.35. The Morgan fingerprint density at radius 1 is 1.30 bits per heavy atom. The Hall–Kier alpha value is -1.54. The van der Waals surface area contributed by atoms with Gasteiger partial charge in [0.25, 0.3) is 5.91 Å². The summed E-state index contributed by atoms with van der Waals surface area (Å²) in [4.78, 5) is 15.9. The van der Waals surface area contributed by atoms with Gasteiger partial charge in [-0.2, -0.15) is 13.2 Å². The van der Waals surface area contributed by atoms with Gasteiger partial charge in [0.05, 0.1) is 11.6 Å². The van der Waals surface area contributed by atoms with E-state index in [9.17, 15) is 18.0 Å². The molecule has 0 aliphatic rings. The first-order valence-electron chi connectivity index (χ1n) is 6.53. The van der Waals surface area contributed by atoms with Crippen LogP contribution in [0.5, 0.6) is 0 Å². The number of nitrogens with zero attached hydrogens (tertiary/aromatic N) is 1. The van der Waals surface area contributed by atoms with E-state index >= 15 is 0 Å². The van der Waals surface area contributed by atoms with Crippen molar-refractivity contribution in [2.75, 3.05) is 0 Å². The van der Waals surface area contributed by atoms with E-state index in [0.29, 0.717) is 0 Å². The molecule has 1 amide bonds. The van der Waals surface area contributed by atoms with E-state index < -0.39 is 23.2 Å². The highest BCUT2D eigenvalue weighted by molar-refractivity contribution is 9.10. The summed E-state index contributed by atoms with van der Waals surface area (Å²) in [5.41, 5.74) is -3.77. The van der Waals surface area contributed by atoms with E-state index in [2.05, 4.69) is 26.2 Å². The van der Waals surface area contributed by atoms with E-state index in [-0.39, 0.29) is 16.6 Å². The lowest BCUT2D eigenvalue weighted by atomic mass is 10.1. The minimum atomic E-state index is -4.50. The second-order valence-electron chi connectivity index (χ2n) is 4.65. The van der Waals surface area contributed by atoms with Gasteiger partial charge in [-0.15, -0.1) is 0 Å². The van der Waals surface area contributed by atoms with E-state index in [1.165, 1.54) is 18.3 Å². The Labute approximate surface area is 143 Å². The fraction of sp³-hybridized carbons (Fsp3) is 0.200. The number of carbonyl (C=O) groups excluding carboxylic acids is 1. The number of benzene rings is 1. The fourth-order valence-corrected chi connectivity index (χ4v) is 2.91. The third kappa shape index (κ3) is 5.24. The molecular weight excluding hydrogens is 393 g/mol. The van der Waals surface area contributed by atoms with Crippen LogP contribution in [-0.2, 0) is 0 Å². The lowest BCUT2D eigenvalue weighted by Crippen LogP contribution is -2.27. The lowest BCUT2D eigenvalue weighted by molar-refractivity contribution is -0.0329. The van der Waals surface area contributed by atoms with E-state index in [1.54, 1.807) is 6.92 Å². The minimum absolute atomic E-state index is 0.100. The number of hydrogen-bond acceptors (Lipinski definition) is 3. The zero-order valence-electron chi connectivity index (χ0n) is 11.9. The molecule has 1 aromatic heterocycles. The molecule has 1 aromatic carbocycles. The van der Waals surface area contributed by atoms with Crippen LogP contribution in [0.2, 0.25) is 0 Å². The average Bonchev–Trinajstić information content (AvgIpc) is 2.46. The van der Waals surface area contributed by atoms with Crippen molar-refractivity contribution in [2.45, 2.75) is 23.5 Å². The summed E-state index contributed by atoms with van der Waals surface area (Å²) in [6.45, 7) is 1.76. The normalized spacial score (nSPS) is 12.7. The number of halogens is 4. The molecule has 1 atom stereocenters. The van der Waals surface area contributed by atoms with Crippen LogP contribution in [0.3, 0.4) is 0 Å². The molecule has 23 heavy (non-hydrogen) atoms. The summed E-state index contributed by atoms with van der Waals surface area (Å²) in [5, 5.41) is 2.32. The van der Waals surface area contributed by atoms with Crippen molar-refractivity contribution in [3.05, 3.63) is 58.2 Å². The topological polar surface area (TPSA) is 42.0 Å². The van der Waals surface area contributed by atoms with Gasteiger partial charge >= 0.3 is 5.51 Å². The standard InChI is InChI=1S/C15H12BrF3N2OS/c1-9(10-4-2-5-11(16)8-10)21-13(22)12-6-3-7-20-14(12)23-15(17,18)19/h2-9H,1H3,(H,21,22). The van der Waals surface area contributed by atoms with Crippen molar-refractivity contribution in [2.24, 2.45) is 0 Å². The summed E-state index contributed by atoms with van der Waals surface area (Å²) in [5.74, 6) is -0.600. The minimum Gasteiger partial charge on any atom is -0.345 e. The zero-order chi connectivity index (χ0) is 17.0. The maximum atomic E-state index is 12.5. The molecule has 0 radical (unpaired) electrons. The summed E-state index contributed by atoms with van der Waals surface area (Å²) >= 11 is 2.94. The van der Waals surface area contributed by atoms with Crippen LogP contribution in [0.25, 0.3) is 0 Å². The molecule has 0 spiro atoms. The van der Waals surface area contributed by atoms with Crippen molar-refractivity contribution in [3.63, 3.8) is 0 Å². The van der Waals surface area contributed by atoms with Gasteiger partial charge < -0.3 is 5.32 Å². The van der Waals surface area contributed by atoms with Crippen LogP contribution >= 0.6 is 27.7 Å². The molecule has 1 N–H and O–H groups in total. The Kier molecular flexibility index (Phi) is 5.69. The van der Waals surface area contributed by atoms with Crippen molar-refractivity contribution >= 4 is 33.6 Å². The van der Waals surface area contributed by atoms with Gasteiger partial charge in [0, 0.05) is 22.4 Å². The molecule has 0 fully saturated rings. The van der Waals surface area contributed by atoms with Gasteiger partial charge in [-0.1, -0.05) is 28.1 Å². The largest absolute Gasteiger partial charge is 0.447 e. The number of amides is 1. The van der Waals surface area contributed by atoms with Crippen LogP contribution in [-0.4, -0.2) is 16.4 Å². The average molecular weight is 405 g/mol. The molecule has 3 nitrogen and oxygen atoms in total. The fourth-order valence-electron chi connectivity index (χ4n) is 1.89. The van der Waals surface area contributed by atoms with Crippen LogP contribution in [0.15, 0.2) is 52.1 Å². The van der Waals surface area contributed by atoms with E-state index in [4.69, 9.17) is 0 Å². The Bertz CT molecular complexity index is 709. The van der Waals surface area contributed by atoms with Crippen molar-refractivity contribution in [1.82, 2.24) is 10.3 Å². The third-order valence-corrected chi connectivity index (χ3v) is 4.17. The van der Waals surface area contributed by atoms with Crippen molar-refractivity contribution in [3.8, 4) is 0 Å². The van der Waals surface area contributed by atoms with Gasteiger partial charge in [0.2, 0.25) is 0 Å². The van der Waals surface area contributed by atoms with E-state index in [1.807, 2.05) is 24.3 Å². The number of pyridine rings is 1. The van der Waals surface area contributed by atoms with Crippen molar-refractivity contribution < 1.29 is 18.0 Å². The van der Waals surface area contributed by atoms with Gasteiger partial charge in [-0.3, -0.25) is 4.79 Å². The summed E-state index contributed by atoms with van der Waals surface area (Å²) in [7, 11) is 0. The molecule has 1 heterocycles. The Balaban J connectivity index is 2.18. The third-order valence-electron chi connectivity index (χ3n) is 2.92. The lowest BCUT2D eigenvalue weighted by Gasteiger charge is -2.16. The second-order valence-corrected chi connectivity index (χ2v) is 6.62. The summed E-state index contributed by atoms with van der Waals surface area (Å²) in [6.07, 6.45) is 1.22.